The first kappa shape index (κ1) is 16.3. The average Bonchev–Trinajstić information content (AvgIpc) is 2.27. The van der Waals surface area contributed by atoms with E-state index in [4.69, 9.17) is 5.11 Å². The van der Waals surface area contributed by atoms with E-state index < -0.39 is 11.4 Å². The molecule has 19 heavy (non-hydrogen) atoms. The lowest BCUT2D eigenvalue weighted by Gasteiger charge is -2.29. The largest absolute Gasteiger partial charge is 0.481 e. The second kappa shape index (κ2) is 7.17. The molecule has 1 rings (SSSR count). The molecular formula is C14H25NO3S. The smallest absolute Gasteiger partial charge is 0.303 e. The fourth-order valence-electron chi connectivity index (χ4n) is 2.63. The number of thioether (sulfide) groups is 1. The predicted molar refractivity (Wildman–Crippen MR) is 78.4 cm³/mol. The summed E-state index contributed by atoms with van der Waals surface area (Å²) in [5.41, 5.74) is -0.480. The van der Waals surface area contributed by atoms with E-state index >= 15 is 0 Å². The van der Waals surface area contributed by atoms with Crippen molar-refractivity contribution in [2.45, 2.75) is 63.7 Å². The van der Waals surface area contributed by atoms with Crippen LogP contribution in [0.3, 0.4) is 0 Å². The van der Waals surface area contributed by atoms with Crippen molar-refractivity contribution in [1.29, 1.82) is 0 Å². The van der Waals surface area contributed by atoms with Crippen molar-refractivity contribution in [3.63, 3.8) is 0 Å². The molecule has 1 fully saturated rings. The highest BCUT2D eigenvalue weighted by molar-refractivity contribution is 7.99. The average molecular weight is 287 g/mol. The zero-order valence-electron chi connectivity index (χ0n) is 12.1. The molecule has 4 nitrogen and oxygen atoms in total. The standard InChI is InChI=1S/C14H25NO3S/c1-14(2,9-13(17)18)8-12(16)15-10-4-6-11(19-3)7-5-10/h10-11H,4-9H2,1-3H3,(H,15,16)(H,17,18). The summed E-state index contributed by atoms with van der Waals surface area (Å²) >= 11 is 1.91. The molecule has 1 saturated carbocycles. The molecule has 0 atom stereocenters. The van der Waals surface area contributed by atoms with Gasteiger partial charge in [-0.05, 0) is 37.4 Å². The zero-order chi connectivity index (χ0) is 14.5. The topological polar surface area (TPSA) is 66.4 Å². The van der Waals surface area contributed by atoms with Gasteiger partial charge in [0.15, 0.2) is 0 Å². The SMILES string of the molecule is CSC1CCC(NC(=O)CC(C)(C)CC(=O)O)CC1. The van der Waals surface area contributed by atoms with Gasteiger partial charge in [-0.25, -0.2) is 0 Å². The van der Waals surface area contributed by atoms with Crippen molar-refractivity contribution in [2.24, 2.45) is 5.41 Å². The maximum atomic E-state index is 12.0. The summed E-state index contributed by atoms with van der Waals surface area (Å²) in [7, 11) is 0. The van der Waals surface area contributed by atoms with Crippen molar-refractivity contribution in [3.8, 4) is 0 Å². The van der Waals surface area contributed by atoms with Crippen LogP contribution in [0.15, 0.2) is 0 Å². The summed E-state index contributed by atoms with van der Waals surface area (Å²) in [4.78, 5) is 22.7. The molecule has 110 valence electrons. The van der Waals surface area contributed by atoms with Crippen LogP contribution in [0.25, 0.3) is 0 Å². The number of hydrogen-bond acceptors (Lipinski definition) is 3. The van der Waals surface area contributed by atoms with Crippen LogP contribution in [-0.4, -0.2) is 34.5 Å². The van der Waals surface area contributed by atoms with Crippen LogP contribution in [0, 0.1) is 5.41 Å². The van der Waals surface area contributed by atoms with E-state index in [0.29, 0.717) is 0 Å². The maximum Gasteiger partial charge on any atom is 0.303 e. The van der Waals surface area contributed by atoms with Gasteiger partial charge in [-0.1, -0.05) is 13.8 Å². The van der Waals surface area contributed by atoms with E-state index in [0.717, 1.165) is 30.9 Å². The number of amides is 1. The molecular weight excluding hydrogens is 262 g/mol. The lowest BCUT2D eigenvalue weighted by atomic mass is 9.85. The molecule has 1 aliphatic carbocycles. The summed E-state index contributed by atoms with van der Waals surface area (Å²) in [6, 6.07) is 0.275. The van der Waals surface area contributed by atoms with Gasteiger partial charge in [0.05, 0.1) is 6.42 Å². The minimum Gasteiger partial charge on any atom is -0.481 e. The second-order valence-electron chi connectivity index (χ2n) is 6.19. The van der Waals surface area contributed by atoms with E-state index in [1.807, 2.05) is 25.6 Å². The number of carbonyl (C=O) groups excluding carboxylic acids is 1. The Balaban J connectivity index is 2.33. The highest BCUT2D eigenvalue weighted by atomic mass is 32.2. The summed E-state index contributed by atoms with van der Waals surface area (Å²) in [6.45, 7) is 3.65. The third-order valence-electron chi connectivity index (χ3n) is 3.64. The molecule has 0 aromatic carbocycles. The minimum absolute atomic E-state index is 0.0150. The van der Waals surface area contributed by atoms with Gasteiger partial charge in [0.1, 0.15) is 0 Å². The molecule has 0 aliphatic heterocycles. The summed E-state index contributed by atoms with van der Waals surface area (Å²) in [6.07, 6.45) is 6.84. The Morgan fingerprint density at radius 3 is 2.26 bits per heavy atom. The number of carboxylic acids is 1. The van der Waals surface area contributed by atoms with Gasteiger partial charge < -0.3 is 10.4 Å². The Morgan fingerprint density at radius 2 is 1.79 bits per heavy atom. The van der Waals surface area contributed by atoms with Gasteiger partial charge in [0.25, 0.3) is 0 Å². The van der Waals surface area contributed by atoms with Crippen molar-refractivity contribution in [3.05, 3.63) is 0 Å². The molecule has 0 heterocycles. The van der Waals surface area contributed by atoms with E-state index in [9.17, 15) is 9.59 Å². The van der Waals surface area contributed by atoms with Crippen molar-refractivity contribution in [1.82, 2.24) is 5.32 Å². The molecule has 0 aromatic heterocycles. The molecule has 0 saturated heterocycles. The Morgan fingerprint density at radius 1 is 1.21 bits per heavy atom. The number of nitrogens with one attached hydrogen (secondary N) is 1. The van der Waals surface area contributed by atoms with Gasteiger partial charge in [0, 0.05) is 17.7 Å². The van der Waals surface area contributed by atoms with Crippen LogP contribution in [0.4, 0.5) is 0 Å². The van der Waals surface area contributed by atoms with Crippen molar-refractivity contribution in [2.75, 3.05) is 6.26 Å². The number of rotatable bonds is 6. The molecule has 1 amide bonds. The number of hydrogen-bond donors (Lipinski definition) is 2. The molecule has 0 aromatic rings. The van der Waals surface area contributed by atoms with Gasteiger partial charge in [-0.2, -0.15) is 11.8 Å². The normalized spacial score (nSPS) is 23.9. The van der Waals surface area contributed by atoms with Crippen LogP contribution < -0.4 is 5.32 Å². The minimum atomic E-state index is -0.849. The van der Waals surface area contributed by atoms with Gasteiger partial charge in [-0.3, -0.25) is 9.59 Å². The zero-order valence-corrected chi connectivity index (χ0v) is 12.9. The van der Waals surface area contributed by atoms with E-state index in [-0.39, 0.29) is 24.8 Å². The van der Waals surface area contributed by atoms with Gasteiger partial charge in [0.2, 0.25) is 5.91 Å². The fourth-order valence-corrected chi connectivity index (χ4v) is 3.37. The summed E-state index contributed by atoms with van der Waals surface area (Å²) in [5.74, 6) is -0.864. The number of aliphatic carboxylic acids is 1. The molecule has 2 N–H and O–H groups in total. The molecule has 0 spiro atoms. The highest BCUT2D eigenvalue weighted by Gasteiger charge is 2.27. The molecule has 0 radical (unpaired) electrons. The van der Waals surface area contributed by atoms with E-state index in [1.54, 1.807) is 0 Å². The Hall–Kier alpha value is -0.710. The second-order valence-corrected chi connectivity index (χ2v) is 7.33. The van der Waals surface area contributed by atoms with Gasteiger partial charge in [-0.15, -0.1) is 0 Å². The van der Waals surface area contributed by atoms with Gasteiger partial charge >= 0.3 is 5.97 Å². The van der Waals surface area contributed by atoms with Crippen molar-refractivity contribution >= 4 is 23.6 Å². The van der Waals surface area contributed by atoms with Crippen LogP contribution in [0.2, 0.25) is 0 Å². The quantitative estimate of drug-likeness (QED) is 0.788. The predicted octanol–water partition coefficient (Wildman–Crippen LogP) is 2.67. The van der Waals surface area contributed by atoms with Crippen LogP contribution in [0.5, 0.6) is 0 Å². The third-order valence-corrected chi connectivity index (χ3v) is 4.78. The highest BCUT2D eigenvalue weighted by Crippen LogP contribution is 2.28. The van der Waals surface area contributed by atoms with Crippen LogP contribution >= 0.6 is 11.8 Å². The molecule has 1 aliphatic rings. The fraction of sp³-hybridized carbons (Fsp3) is 0.857. The Kier molecular flexibility index (Phi) is 6.17. The monoisotopic (exact) mass is 287 g/mol. The lowest BCUT2D eigenvalue weighted by Crippen LogP contribution is -2.40. The summed E-state index contributed by atoms with van der Waals surface area (Å²) in [5, 5.41) is 12.6. The Labute approximate surface area is 119 Å². The number of carbonyl (C=O) groups is 2. The first-order valence-corrected chi connectivity index (χ1v) is 8.15. The number of carboxylic acid groups (broad SMARTS) is 1. The van der Waals surface area contributed by atoms with Crippen molar-refractivity contribution < 1.29 is 14.7 Å². The first-order valence-electron chi connectivity index (χ1n) is 6.86. The van der Waals surface area contributed by atoms with Crippen LogP contribution in [0.1, 0.15) is 52.4 Å². The van der Waals surface area contributed by atoms with E-state index in [2.05, 4.69) is 11.6 Å². The third kappa shape index (κ3) is 6.32. The van der Waals surface area contributed by atoms with E-state index in [1.165, 1.54) is 0 Å². The molecule has 0 unspecified atom stereocenters. The first-order chi connectivity index (χ1) is 8.82. The maximum absolute atomic E-state index is 12.0. The Bertz CT molecular complexity index is 323. The molecule has 5 heteroatoms. The lowest BCUT2D eigenvalue weighted by molar-refractivity contribution is -0.139. The molecule has 0 bridgehead atoms. The van der Waals surface area contributed by atoms with Crippen LogP contribution in [-0.2, 0) is 9.59 Å². The summed E-state index contributed by atoms with van der Waals surface area (Å²) < 4.78 is 0.